The molecule has 1 amide bonds. The Hall–Kier alpha value is -1.35. The molecule has 0 aliphatic carbocycles. The van der Waals surface area contributed by atoms with Gasteiger partial charge in [-0.05, 0) is 50.3 Å². The first-order valence-electron chi connectivity index (χ1n) is 7.07. The Balaban J connectivity index is 2.10. The molecule has 1 saturated heterocycles. The van der Waals surface area contributed by atoms with Crippen LogP contribution in [0, 0.1) is 20.8 Å². The van der Waals surface area contributed by atoms with Crippen molar-refractivity contribution < 1.29 is 4.79 Å². The van der Waals surface area contributed by atoms with Crippen molar-refractivity contribution in [2.45, 2.75) is 46.1 Å². The van der Waals surface area contributed by atoms with Crippen LogP contribution in [0.15, 0.2) is 12.1 Å². The van der Waals surface area contributed by atoms with Gasteiger partial charge in [-0.3, -0.25) is 4.79 Å². The van der Waals surface area contributed by atoms with Gasteiger partial charge < -0.3 is 10.6 Å². The van der Waals surface area contributed by atoms with Gasteiger partial charge >= 0.3 is 0 Å². The number of nitrogens with two attached hydrogens (primary N) is 1. The van der Waals surface area contributed by atoms with Gasteiger partial charge in [0.1, 0.15) is 0 Å². The van der Waals surface area contributed by atoms with Crippen LogP contribution in [0.5, 0.6) is 0 Å². The van der Waals surface area contributed by atoms with Crippen molar-refractivity contribution in [3.05, 3.63) is 34.4 Å². The van der Waals surface area contributed by atoms with Gasteiger partial charge in [-0.1, -0.05) is 17.7 Å². The van der Waals surface area contributed by atoms with E-state index >= 15 is 0 Å². The maximum absolute atomic E-state index is 12.4. The summed E-state index contributed by atoms with van der Waals surface area (Å²) in [5.41, 5.74) is 10.8. The molecule has 0 saturated carbocycles. The molecule has 1 atom stereocenters. The van der Waals surface area contributed by atoms with Crippen molar-refractivity contribution >= 4 is 5.91 Å². The number of amides is 1. The van der Waals surface area contributed by atoms with Gasteiger partial charge in [-0.15, -0.1) is 0 Å². The Kier molecular flexibility index (Phi) is 4.25. The van der Waals surface area contributed by atoms with Gasteiger partial charge in [0.15, 0.2) is 0 Å². The number of carbonyl (C=O) groups is 1. The van der Waals surface area contributed by atoms with E-state index in [1.165, 1.54) is 22.3 Å². The van der Waals surface area contributed by atoms with Gasteiger partial charge in [0.05, 0.1) is 6.42 Å². The van der Waals surface area contributed by atoms with Crippen molar-refractivity contribution in [3.8, 4) is 0 Å². The number of piperidine rings is 1. The van der Waals surface area contributed by atoms with E-state index in [-0.39, 0.29) is 11.9 Å². The second-order valence-corrected chi connectivity index (χ2v) is 5.80. The molecule has 2 rings (SSSR count). The Bertz CT molecular complexity index is 459. The van der Waals surface area contributed by atoms with E-state index in [0.29, 0.717) is 13.0 Å². The summed E-state index contributed by atoms with van der Waals surface area (Å²) in [5.74, 6) is 0.213. The van der Waals surface area contributed by atoms with E-state index < -0.39 is 0 Å². The number of benzene rings is 1. The lowest BCUT2D eigenvalue weighted by atomic mass is 9.96. The second kappa shape index (κ2) is 5.74. The number of likely N-dealkylation sites (tertiary alicyclic amines) is 1. The van der Waals surface area contributed by atoms with Crippen molar-refractivity contribution in [2.75, 3.05) is 13.1 Å². The predicted molar refractivity (Wildman–Crippen MR) is 78.1 cm³/mol. The van der Waals surface area contributed by atoms with Gasteiger partial charge in [0, 0.05) is 19.1 Å². The van der Waals surface area contributed by atoms with Crippen LogP contribution < -0.4 is 5.73 Å². The summed E-state index contributed by atoms with van der Waals surface area (Å²) in [4.78, 5) is 14.3. The molecule has 2 N–H and O–H groups in total. The monoisotopic (exact) mass is 260 g/mol. The zero-order valence-electron chi connectivity index (χ0n) is 12.2. The van der Waals surface area contributed by atoms with Crippen LogP contribution in [0.2, 0.25) is 0 Å². The topological polar surface area (TPSA) is 46.3 Å². The number of carbonyl (C=O) groups excluding carboxylic acids is 1. The third-order valence-electron chi connectivity index (χ3n) is 3.98. The summed E-state index contributed by atoms with van der Waals surface area (Å²) in [7, 11) is 0. The number of aryl methyl sites for hydroxylation is 3. The van der Waals surface area contributed by atoms with Crippen LogP contribution in [0.25, 0.3) is 0 Å². The predicted octanol–water partition coefficient (Wildman–Crippen LogP) is 2.10. The molecule has 0 bridgehead atoms. The molecular formula is C16H24N2O. The van der Waals surface area contributed by atoms with E-state index in [1.54, 1.807) is 0 Å². The van der Waals surface area contributed by atoms with Crippen LogP contribution >= 0.6 is 0 Å². The normalized spacial score (nSPS) is 19.6. The van der Waals surface area contributed by atoms with Crippen LogP contribution in [0.3, 0.4) is 0 Å². The Morgan fingerprint density at radius 2 is 1.95 bits per heavy atom. The van der Waals surface area contributed by atoms with E-state index in [0.717, 1.165) is 19.4 Å². The first-order chi connectivity index (χ1) is 8.97. The van der Waals surface area contributed by atoms with E-state index in [1.807, 2.05) is 4.90 Å². The van der Waals surface area contributed by atoms with Crippen LogP contribution in [0.4, 0.5) is 0 Å². The third kappa shape index (κ3) is 3.35. The molecule has 104 valence electrons. The largest absolute Gasteiger partial charge is 0.341 e. The van der Waals surface area contributed by atoms with E-state index in [9.17, 15) is 4.79 Å². The highest BCUT2D eigenvalue weighted by atomic mass is 16.2. The average molecular weight is 260 g/mol. The second-order valence-electron chi connectivity index (χ2n) is 5.80. The van der Waals surface area contributed by atoms with Crippen molar-refractivity contribution in [1.29, 1.82) is 0 Å². The van der Waals surface area contributed by atoms with Crippen LogP contribution in [-0.4, -0.2) is 29.9 Å². The summed E-state index contributed by atoms with van der Waals surface area (Å²) in [5, 5.41) is 0. The lowest BCUT2D eigenvalue weighted by Crippen LogP contribution is -2.46. The zero-order valence-corrected chi connectivity index (χ0v) is 12.2. The smallest absolute Gasteiger partial charge is 0.227 e. The fourth-order valence-electron chi connectivity index (χ4n) is 2.99. The number of nitrogens with zero attached hydrogens (tertiary/aromatic N) is 1. The van der Waals surface area contributed by atoms with Crippen molar-refractivity contribution in [3.63, 3.8) is 0 Å². The highest BCUT2D eigenvalue weighted by Gasteiger charge is 2.22. The Morgan fingerprint density at radius 1 is 1.32 bits per heavy atom. The van der Waals surface area contributed by atoms with Gasteiger partial charge in [0.25, 0.3) is 0 Å². The molecule has 1 aliphatic rings. The van der Waals surface area contributed by atoms with Crippen LogP contribution in [0.1, 0.15) is 35.1 Å². The molecule has 1 unspecified atom stereocenters. The first-order valence-corrected chi connectivity index (χ1v) is 7.07. The average Bonchev–Trinajstić information content (AvgIpc) is 2.33. The van der Waals surface area contributed by atoms with Gasteiger partial charge in [0.2, 0.25) is 5.91 Å². The minimum Gasteiger partial charge on any atom is -0.341 e. The molecule has 3 nitrogen and oxygen atoms in total. The summed E-state index contributed by atoms with van der Waals surface area (Å²) in [6, 6.07) is 4.45. The Morgan fingerprint density at radius 3 is 2.53 bits per heavy atom. The summed E-state index contributed by atoms with van der Waals surface area (Å²) >= 11 is 0. The van der Waals surface area contributed by atoms with E-state index in [4.69, 9.17) is 5.73 Å². The van der Waals surface area contributed by atoms with Crippen molar-refractivity contribution in [1.82, 2.24) is 4.90 Å². The summed E-state index contributed by atoms with van der Waals surface area (Å²) in [6.45, 7) is 7.84. The molecule has 0 radical (unpaired) electrons. The Labute approximate surface area is 115 Å². The van der Waals surface area contributed by atoms with Crippen molar-refractivity contribution in [2.24, 2.45) is 5.73 Å². The third-order valence-corrected chi connectivity index (χ3v) is 3.98. The zero-order chi connectivity index (χ0) is 14.0. The lowest BCUT2D eigenvalue weighted by molar-refractivity contribution is -0.131. The fraction of sp³-hybridized carbons (Fsp3) is 0.562. The first kappa shape index (κ1) is 14.1. The highest BCUT2D eigenvalue weighted by Crippen LogP contribution is 2.19. The molecule has 1 aromatic carbocycles. The molecule has 0 aromatic heterocycles. The number of hydrogen-bond acceptors (Lipinski definition) is 2. The van der Waals surface area contributed by atoms with Gasteiger partial charge in [-0.2, -0.15) is 0 Å². The molecule has 1 fully saturated rings. The molecule has 1 heterocycles. The maximum Gasteiger partial charge on any atom is 0.227 e. The molecular weight excluding hydrogens is 236 g/mol. The maximum atomic E-state index is 12.4. The van der Waals surface area contributed by atoms with Gasteiger partial charge in [-0.25, -0.2) is 0 Å². The highest BCUT2D eigenvalue weighted by molar-refractivity contribution is 5.79. The molecule has 1 aliphatic heterocycles. The SMILES string of the molecule is Cc1cc(C)c(CC(=O)N2CCCC(N)C2)c(C)c1. The molecule has 3 heteroatoms. The molecule has 0 spiro atoms. The summed E-state index contributed by atoms with van der Waals surface area (Å²) < 4.78 is 0. The lowest BCUT2D eigenvalue weighted by Gasteiger charge is -2.31. The fourth-order valence-corrected chi connectivity index (χ4v) is 2.99. The molecule has 1 aromatic rings. The molecule has 19 heavy (non-hydrogen) atoms. The minimum absolute atomic E-state index is 0.151. The number of rotatable bonds is 2. The minimum atomic E-state index is 0.151. The number of hydrogen-bond donors (Lipinski definition) is 1. The van der Waals surface area contributed by atoms with Crippen LogP contribution in [-0.2, 0) is 11.2 Å². The summed E-state index contributed by atoms with van der Waals surface area (Å²) in [6.07, 6.45) is 2.57. The van der Waals surface area contributed by atoms with E-state index in [2.05, 4.69) is 32.9 Å². The quantitative estimate of drug-likeness (QED) is 0.885. The standard InChI is InChI=1S/C16H24N2O/c1-11-7-12(2)15(13(3)8-11)9-16(19)18-6-4-5-14(17)10-18/h7-8,14H,4-6,9-10,17H2,1-3H3.